The summed E-state index contributed by atoms with van der Waals surface area (Å²) in [5.41, 5.74) is -1.03. The summed E-state index contributed by atoms with van der Waals surface area (Å²) in [5.74, 6) is -0.281. The third-order valence-corrected chi connectivity index (χ3v) is 4.55. The maximum absolute atomic E-state index is 12.3. The third-order valence-electron chi connectivity index (χ3n) is 4.55. The Hall–Kier alpha value is -1.30. The number of amides is 2. The molecule has 0 aromatic heterocycles. The molecule has 0 aromatic rings. The van der Waals surface area contributed by atoms with Crippen molar-refractivity contribution in [2.75, 3.05) is 26.3 Å². The van der Waals surface area contributed by atoms with Crippen LogP contribution in [0, 0.1) is 11.3 Å². The monoisotopic (exact) mass is 284 g/mol. The van der Waals surface area contributed by atoms with Gasteiger partial charge in [0.25, 0.3) is 0 Å². The topological polar surface area (TPSA) is 78.9 Å². The van der Waals surface area contributed by atoms with Crippen LogP contribution in [0.3, 0.4) is 0 Å². The molecule has 0 aliphatic carbocycles. The lowest BCUT2D eigenvalue weighted by Gasteiger charge is -2.29. The first-order valence-electron chi connectivity index (χ1n) is 7.30. The number of aliphatic carboxylic acids is 1. The van der Waals surface area contributed by atoms with Crippen molar-refractivity contribution in [1.29, 1.82) is 0 Å². The van der Waals surface area contributed by atoms with Gasteiger partial charge in [-0.25, -0.2) is 4.79 Å². The molecule has 20 heavy (non-hydrogen) atoms. The Balaban J connectivity index is 1.95. The Morgan fingerprint density at radius 2 is 2.10 bits per heavy atom. The predicted octanol–water partition coefficient (Wildman–Crippen LogP) is 1.31. The Morgan fingerprint density at radius 3 is 2.80 bits per heavy atom. The highest BCUT2D eigenvalue weighted by atomic mass is 16.5. The summed E-state index contributed by atoms with van der Waals surface area (Å²) in [6.45, 7) is 5.71. The first-order chi connectivity index (χ1) is 9.43. The van der Waals surface area contributed by atoms with Gasteiger partial charge in [0.2, 0.25) is 0 Å². The van der Waals surface area contributed by atoms with E-state index < -0.39 is 17.4 Å². The Bertz CT molecular complexity index is 387. The Morgan fingerprint density at radius 1 is 1.35 bits per heavy atom. The fourth-order valence-electron chi connectivity index (χ4n) is 2.79. The number of hydrogen-bond donors (Lipinski definition) is 2. The number of ether oxygens (including phenoxy) is 1. The number of hydrogen-bond acceptors (Lipinski definition) is 3. The van der Waals surface area contributed by atoms with Crippen LogP contribution < -0.4 is 5.32 Å². The minimum atomic E-state index is -1.03. The van der Waals surface area contributed by atoms with Crippen molar-refractivity contribution in [3.63, 3.8) is 0 Å². The van der Waals surface area contributed by atoms with E-state index >= 15 is 0 Å². The molecule has 0 bridgehead atoms. The third kappa shape index (κ3) is 3.06. The van der Waals surface area contributed by atoms with Crippen LogP contribution >= 0.6 is 0 Å². The number of carbonyl (C=O) groups is 2. The van der Waals surface area contributed by atoms with Crippen molar-refractivity contribution >= 4 is 12.0 Å². The van der Waals surface area contributed by atoms with E-state index in [2.05, 4.69) is 12.2 Å². The maximum atomic E-state index is 12.3. The van der Waals surface area contributed by atoms with E-state index in [-0.39, 0.29) is 19.2 Å². The summed E-state index contributed by atoms with van der Waals surface area (Å²) in [5, 5.41) is 12.1. The average molecular weight is 284 g/mol. The van der Waals surface area contributed by atoms with Gasteiger partial charge in [0.1, 0.15) is 5.41 Å². The molecule has 2 N–H and O–H groups in total. The van der Waals surface area contributed by atoms with E-state index in [0.717, 1.165) is 32.4 Å². The molecule has 6 nitrogen and oxygen atoms in total. The lowest BCUT2D eigenvalue weighted by atomic mass is 9.85. The lowest BCUT2D eigenvalue weighted by molar-refractivity contribution is -0.148. The molecule has 2 amide bonds. The molecule has 2 heterocycles. The van der Waals surface area contributed by atoms with Crippen molar-refractivity contribution in [3.05, 3.63) is 0 Å². The van der Waals surface area contributed by atoms with Gasteiger partial charge in [-0.1, -0.05) is 6.92 Å². The summed E-state index contributed by atoms with van der Waals surface area (Å²) in [4.78, 5) is 25.4. The standard InChI is InChI=1S/C14H24N2O4/c1-10-4-3-6-16(7-5-10)13(19)15-11-8-20-9-14(11,2)12(17)18/h10-11H,3-9H2,1-2H3,(H,15,19)(H,17,18). The van der Waals surface area contributed by atoms with Crippen molar-refractivity contribution in [1.82, 2.24) is 10.2 Å². The largest absolute Gasteiger partial charge is 0.481 e. The zero-order valence-corrected chi connectivity index (χ0v) is 12.2. The van der Waals surface area contributed by atoms with E-state index in [4.69, 9.17) is 4.74 Å². The highest BCUT2D eigenvalue weighted by Crippen LogP contribution is 2.29. The van der Waals surface area contributed by atoms with Gasteiger partial charge in [-0.05, 0) is 32.1 Å². The van der Waals surface area contributed by atoms with Gasteiger partial charge in [0.05, 0.1) is 19.3 Å². The number of rotatable bonds is 2. The Kier molecular flexibility index (Phi) is 4.52. The van der Waals surface area contributed by atoms with E-state index in [9.17, 15) is 14.7 Å². The van der Waals surface area contributed by atoms with Gasteiger partial charge < -0.3 is 20.1 Å². The number of carbonyl (C=O) groups excluding carboxylic acids is 1. The molecule has 2 aliphatic rings. The SMILES string of the molecule is CC1CCCN(C(=O)NC2COCC2(C)C(=O)O)CC1. The second kappa shape index (κ2) is 5.99. The predicted molar refractivity (Wildman–Crippen MR) is 73.5 cm³/mol. The normalized spacial score (nSPS) is 34.6. The molecular weight excluding hydrogens is 260 g/mol. The van der Waals surface area contributed by atoms with Crippen LogP contribution in [-0.2, 0) is 9.53 Å². The Labute approximate surface area is 119 Å². The van der Waals surface area contributed by atoms with Crippen LogP contribution in [-0.4, -0.2) is 54.4 Å². The van der Waals surface area contributed by atoms with Gasteiger partial charge in [0.15, 0.2) is 0 Å². The smallest absolute Gasteiger partial charge is 0.317 e. The molecule has 2 fully saturated rings. The summed E-state index contributed by atoms with van der Waals surface area (Å²) in [7, 11) is 0. The first-order valence-corrected chi connectivity index (χ1v) is 7.30. The van der Waals surface area contributed by atoms with Crippen molar-refractivity contribution in [2.45, 2.75) is 39.2 Å². The van der Waals surface area contributed by atoms with Crippen LogP contribution in [0.2, 0.25) is 0 Å². The minimum absolute atomic E-state index is 0.143. The number of nitrogens with zero attached hydrogens (tertiary/aromatic N) is 1. The number of likely N-dealkylation sites (tertiary alicyclic amines) is 1. The van der Waals surface area contributed by atoms with E-state index in [1.165, 1.54) is 0 Å². The molecule has 114 valence electrons. The second-order valence-corrected chi connectivity index (χ2v) is 6.26. The van der Waals surface area contributed by atoms with Crippen molar-refractivity contribution in [2.24, 2.45) is 11.3 Å². The van der Waals surface area contributed by atoms with Crippen LogP contribution in [0.25, 0.3) is 0 Å². The van der Waals surface area contributed by atoms with Crippen molar-refractivity contribution in [3.8, 4) is 0 Å². The molecule has 2 aliphatic heterocycles. The lowest BCUT2D eigenvalue weighted by Crippen LogP contribution is -2.53. The molecule has 3 atom stereocenters. The van der Waals surface area contributed by atoms with Crippen LogP contribution in [0.4, 0.5) is 4.79 Å². The summed E-state index contributed by atoms with van der Waals surface area (Å²) < 4.78 is 5.25. The average Bonchev–Trinajstić information content (AvgIpc) is 2.63. The highest BCUT2D eigenvalue weighted by Gasteiger charge is 2.47. The molecule has 6 heteroatoms. The molecule has 0 saturated carbocycles. The molecule has 2 rings (SSSR count). The van der Waals surface area contributed by atoms with Gasteiger partial charge in [-0.3, -0.25) is 4.79 Å². The zero-order chi connectivity index (χ0) is 14.8. The number of carboxylic acids is 1. The first kappa shape index (κ1) is 15.1. The summed E-state index contributed by atoms with van der Waals surface area (Å²) in [6, 6.07) is -0.629. The van der Waals surface area contributed by atoms with Crippen LogP contribution in [0.15, 0.2) is 0 Å². The molecule has 3 unspecified atom stereocenters. The molecule has 0 radical (unpaired) electrons. The minimum Gasteiger partial charge on any atom is -0.481 e. The van der Waals surface area contributed by atoms with Crippen LogP contribution in [0.5, 0.6) is 0 Å². The molecule has 2 saturated heterocycles. The fourth-order valence-corrected chi connectivity index (χ4v) is 2.79. The number of nitrogens with one attached hydrogen (secondary N) is 1. The van der Waals surface area contributed by atoms with Crippen molar-refractivity contribution < 1.29 is 19.4 Å². The molecule has 0 aromatic carbocycles. The number of urea groups is 1. The van der Waals surface area contributed by atoms with E-state index in [0.29, 0.717) is 5.92 Å². The summed E-state index contributed by atoms with van der Waals surface area (Å²) in [6.07, 6.45) is 3.15. The molecular formula is C14H24N2O4. The van der Waals surface area contributed by atoms with E-state index in [1.807, 2.05) is 0 Å². The number of carboxylic acid groups (broad SMARTS) is 1. The van der Waals surface area contributed by atoms with Gasteiger partial charge in [0, 0.05) is 13.1 Å². The van der Waals surface area contributed by atoms with E-state index in [1.54, 1.807) is 11.8 Å². The zero-order valence-electron chi connectivity index (χ0n) is 12.2. The van der Waals surface area contributed by atoms with Gasteiger partial charge >= 0.3 is 12.0 Å². The van der Waals surface area contributed by atoms with Crippen LogP contribution in [0.1, 0.15) is 33.1 Å². The highest BCUT2D eigenvalue weighted by molar-refractivity contribution is 5.79. The quantitative estimate of drug-likeness (QED) is 0.801. The summed E-state index contributed by atoms with van der Waals surface area (Å²) >= 11 is 0. The van der Waals surface area contributed by atoms with Gasteiger partial charge in [-0.2, -0.15) is 0 Å². The molecule has 0 spiro atoms. The fraction of sp³-hybridized carbons (Fsp3) is 0.857. The second-order valence-electron chi connectivity index (χ2n) is 6.26. The maximum Gasteiger partial charge on any atom is 0.317 e. The van der Waals surface area contributed by atoms with Gasteiger partial charge in [-0.15, -0.1) is 0 Å².